The summed E-state index contributed by atoms with van der Waals surface area (Å²) in [5.74, 6) is -0.482. The van der Waals surface area contributed by atoms with Crippen molar-refractivity contribution in [1.29, 1.82) is 0 Å². The minimum absolute atomic E-state index is 0.308. The molecular weight excluding hydrogens is 302 g/mol. The number of ether oxygens (including phenoxy) is 2. The highest BCUT2D eigenvalue weighted by molar-refractivity contribution is 5.92. The van der Waals surface area contributed by atoms with E-state index in [4.69, 9.17) is 9.94 Å². The third-order valence-electron chi connectivity index (χ3n) is 2.67. The number of esters is 1. The van der Waals surface area contributed by atoms with E-state index in [0.717, 1.165) is 0 Å². The van der Waals surface area contributed by atoms with Crippen molar-refractivity contribution in [2.45, 2.75) is 26.4 Å². The lowest BCUT2D eigenvalue weighted by Crippen LogP contribution is -2.35. The highest BCUT2D eigenvalue weighted by atomic mass is 16.6. The van der Waals surface area contributed by atoms with E-state index in [2.05, 4.69) is 15.4 Å². The maximum Gasteiger partial charge on any atom is 0.407 e. The normalized spacial score (nSPS) is 10.7. The van der Waals surface area contributed by atoms with Gasteiger partial charge in [-0.05, 0) is 39.0 Å². The van der Waals surface area contributed by atoms with Crippen molar-refractivity contribution >= 4 is 23.4 Å². The van der Waals surface area contributed by atoms with Crippen LogP contribution in [0.15, 0.2) is 18.2 Å². The van der Waals surface area contributed by atoms with Crippen molar-refractivity contribution in [3.8, 4) is 0 Å². The summed E-state index contributed by atoms with van der Waals surface area (Å²) in [6, 6.07) is 4.60. The van der Waals surface area contributed by atoms with Gasteiger partial charge in [-0.15, -0.1) is 0 Å². The first-order valence-electron chi connectivity index (χ1n) is 7.10. The molecule has 4 N–H and O–H groups in total. The molecule has 0 aromatic heterocycles. The molecule has 0 heterocycles. The first-order valence-corrected chi connectivity index (χ1v) is 7.10. The smallest absolute Gasteiger partial charge is 0.407 e. The molecule has 23 heavy (non-hydrogen) atoms. The predicted octanol–water partition coefficient (Wildman–Crippen LogP) is 2.21. The molecule has 1 aromatic carbocycles. The van der Waals surface area contributed by atoms with E-state index >= 15 is 0 Å². The molecular formula is C15H23N3O5. The van der Waals surface area contributed by atoms with Gasteiger partial charge in [-0.25, -0.2) is 9.59 Å². The van der Waals surface area contributed by atoms with E-state index in [1.165, 1.54) is 25.3 Å². The van der Waals surface area contributed by atoms with Gasteiger partial charge in [0.2, 0.25) is 0 Å². The Morgan fingerprint density at radius 3 is 2.43 bits per heavy atom. The Kier molecular flexibility index (Phi) is 6.65. The van der Waals surface area contributed by atoms with Crippen LogP contribution in [0.3, 0.4) is 0 Å². The number of hydrogen-bond acceptors (Lipinski definition) is 7. The highest BCUT2D eigenvalue weighted by Gasteiger charge is 2.15. The average molecular weight is 325 g/mol. The van der Waals surface area contributed by atoms with E-state index in [0.29, 0.717) is 30.0 Å². The van der Waals surface area contributed by atoms with Crippen LogP contribution < -0.4 is 16.1 Å². The van der Waals surface area contributed by atoms with Gasteiger partial charge in [-0.3, -0.25) is 10.7 Å². The maximum absolute atomic E-state index is 11.5. The van der Waals surface area contributed by atoms with Gasteiger partial charge in [0.05, 0.1) is 24.0 Å². The van der Waals surface area contributed by atoms with Crippen molar-refractivity contribution in [1.82, 2.24) is 5.32 Å². The zero-order chi connectivity index (χ0) is 17.5. The number of hydrogen-bond donors (Lipinski definition) is 4. The number of alkyl carbamates (subject to hydrolysis) is 1. The van der Waals surface area contributed by atoms with Crippen LogP contribution in [0.5, 0.6) is 0 Å². The van der Waals surface area contributed by atoms with Crippen LogP contribution >= 0.6 is 0 Å². The second kappa shape index (κ2) is 8.23. The van der Waals surface area contributed by atoms with Crippen molar-refractivity contribution in [3.63, 3.8) is 0 Å². The van der Waals surface area contributed by atoms with E-state index in [9.17, 15) is 9.59 Å². The molecule has 0 unspecified atom stereocenters. The number of nitrogens with one attached hydrogen (secondary N) is 3. The van der Waals surface area contributed by atoms with Crippen LogP contribution in [0.2, 0.25) is 0 Å². The molecule has 0 fully saturated rings. The number of anilines is 2. The fraction of sp³-hybridized carbons (Fsp3) is 0.467. The molecule has 128 valence electrons. The van der Waals surface area contributed by atoms with Gasteiger partial charge in [0.25, 0.3) is 0 Å². The van der Waals surface area contributed by atoms with Gasteiger partial charge in [0.1, 0.15) is 5.60 Å². The third kappa shape index (κ3) is 6.43. The predicted molar refractivity (Wildman–Crippen MR) is 85.9 cm³/mol. The van der Waals surface area contributed by atoms with E-state index in [1.54, 1.807) is 20.8 Å². The third-order valence-corrected chi connectivity index (χ3v) is 2.67. The average Bonchev–Trinajstić information content (AvgIpc) is 2.48. The van der Waals surface area contributed by atoms with Crippen molar-refractivity contribution in [2.24, 2.45) is 0 Å². The van der Waals surface area contributed by atoms with Gasteiger partial charge in [-0.2, -0.15) is 0 Å². The fourth-order valence-corrected chi connectivity index (χ4v) is 1.71. The standard InChI is InChI=1S/C15H23N3O5/c1-15(2,3)23-14(20)17-8-7-16-12-9-10(13(19)22-4)5-6-11(12)18-21/h5-6,9,16,18,21H,7-8H2,1-4H3,(H,17,20). The largest absolute Gasteiger partial charge is 0.465 e. The number of benzene rings is 1. The van der Waals surface area contributed by atoms with Crippen molar-refractivity contribution in [3.05, 3.63) is 23.8 Å². The minimum Gasteiger partial charge on any atom is -0.465 e. The van der Waals surface area contributed by atoms with Crippen LogP contribution in [0.25, 0.3) is 0 Å². The molecule has 0 aliphatic rings. The second-order valence-corrected chi connectivity index (χ2v) is 5.72. The SMILES string of the molecule is COC(=O)c1ccc(NO)c(NCCNC(=O)OC(C)(C)C)c1. The Morgan fingerprint density at radius 1 is 1.17 bits per heavy atom. The van der Waals surface area contributed by atoms with E-state index in [-0.39, 0.29) is 0 Å². The Morgan fingerprint density at radius 2 is 1.87 bits per heavy atom. The molecule has 0 aliphatic heterocycles. The Balaban J connectivity index is 2.56. The highest BCUT2D eigenvalue weighted by Crippen LogP contribution is 2.22. The number of carbonyl (C=O) groups is 2. The molecule has 0 atom stereocenters. The number of rotatable bonds is 6. The van der Waals surface area contributed by atoms with E-state index in [1.807, 2.05) is 5.48 Å². The van der Waals surface area contributed by atoms with Gasteiger partial charge in [-0.1, -0.05) is 0 Å². The Labute approximate surface area is 135 Å². The van der Waals surface area contributed by atoms with Crippen LogP contribution in [-0.2, 0) is 9.47 Å². The zero-order valence-electron chi connectivity index (χ0n) is 13.7. The number of amides is 1. The maximum atomic E-state index is 11.5. The van der Waals surface area contributed by atoms with Crippen LogP contribution in [0, 0.1) is 0 Å². The molecule has 1 amide bonds. The molecule has 0 bridgehead atoms. The quantitative estimate of drug-likeness (QED) is 0.361. The van der Waals surface area contributed by atoms with Crippen molar-refractivity contribution in [2.75, 3.05) is 31.0 Å². The summed E-state index contributed by atoms with van der Waals surface area (Å²) in [5, 5.41) is 14.7. The molecule has 0 aliphatic carbocycles. The molecule has 1 aromatic rings. The first-order chi connectivity index (χ1) is 10.8. The summed E-state index contributed by atoms with van der Waals surface area (Å²) < 4.78 is 9.75. The number of carbonyl (C=O) groups excluding carboxylic acids is 2. The Bertz CT molecular complexity index is 555. The minimum atomic E-state index is -0.555. The van der Waals surface area contributed by atoms with Gasteiger partial charge < -0.3 is 20.1 Å². The summed E-state index contributed by atoms with van der Waals surface area (Å²) in [5.41, 5.74) is 2.72. The second-order valence-electron chi connectivity index (χ2n) is 5.72. The monoisotopic (exact) mass is 325 g/mol. The molecule has 8 heteroatoms. The Hall–Kier alpha value is -2.48. The van der Waals surface area contributed by atoms with Crippen LogP contribution in [0.4, 0.5) is 16.2 Å². The molecule has 0 saturated carbocycles. The molecule has 0 spiro atoms. The van der Waals surface area contributed by atoms with E-state index < -0.39 is 17.7 Å². The van der Waals surface area contributed by atoms with Gasteiger partial charge >= 0.3 is 12.1 Å². The van der Waals surface area contributed by atoms with Gasteiger partial charge in [0, 0.05) is 13.1 Å². The van der Waals surface area contributed by atoms with Crippen molar-refractivity contribution < 1.29 is 24.3 Å². The first kappa shape index (κ1) is 18.6. The molecule has 8 nitrogen and oxygen atoms in total. The summed E-state index contributed by atoms with van der Waals surface area (Å²) in [6.07, 6.45) is -0.511. The molecule has 0 saturated heterocycles. The summed E-state index contributed by atoms with van der Waals surface area (Å²) in [4.78, 5) is 23.0. The topological polar surface area (TPSA) is 109 Å². The lowest BCUT2D eigenvalue weighted by atomic mass is 10.1. The van der Waals surface area contributed by atoms with Gasteiger partial charge in [0.15, 0.2) is 0 Å². The summed E-state index contributed by atoms with van der Waals surface area (Å²) in [6.45, 7) is 6.02. The summed E-state index contributed by atoms with van der Waals surface area (Å²) >= 11 is 0. The zero-order valence-corrected chi connectivity index (χ0v) is 13.7. The molecule has 0 radical (unpaired) electrons. The fourth-order valence-electron chi connectivity index (χ4n) is 1.71. The summed E-state index contributed by atoms with van der Waals surface area (Å²) in [7, 11) is 1.29. The number of methoxy groups -OCH3 is 1. The molecule has 1 rings (SSSR count). The van der Waals surface area contributed by atoms with Crippen LogP contribution in [-0.4, -0.2) is 43.1 Å². The van der Waals surface area contributed by atoms with Crippen LogP contribution in [0.1, 0.15) is 31.1 Å². The lowest BCUT2D eigenvalue weighted by Gasteiger charge is -2.20. The lowest BCUT2D eigenvalue weighted by molar-refractivity contribution is 0.0528.